The van der Waals surface area contributed by atoms with Gasteiger partial charge in [-0.1, -0.05) is 11.3 Å². The molecule has 0 aliphatic heterocycles. The summed E-state index contributed by atoms with van der Waals surface area (Å²) in [7, 11) is 0. The molecule has 3 N–H and O–H groups in total. The van der Waals surface area contributed by atoms with Crippen LogP contribution >= 0.6 is 11.3 Å². The second-order valence-electron chi connectivity index (χ2n) is 2.26. The van der Waals surface area contributed by atoms with E-state index in [0.717, 1.165) is 18.3 Å². The number of rotatable bonds is 1. The number of aromatic nitrogens is 1. The molecule has 0 aliphatic carbocycles. The van der Waals surface area contributed by atoms with Gasteiger partial charge in [0, 0.05) is 5.97 Å². The van der Waals surface area contributed by atoms with Gasteiger partial charge in [-0.15, -0.1) is 0 Å². The summed E-state index contributed by atoms with van der Waals surface area (Å²) in [6.07, 6.45) is 0. The van der Waals surface area contributed by atoms with Crippen molar-refractivity contribution in [1.82, 2.24) is 4.98 Å². The predicted octanol–water partition coefficient (Wildman–Crippen LogP) is -3.51. The molecule has 0 aliphatic rings. The molecule has 0 amide bonds. The van der Waals surface area contributed by atoms with Gasteiger partial charge < -0.3 is 20.7 Å². The van der Waals surface area contributed by atoms with E-state index < -0.39 is 11.9 Å². The number of aryl methyl sites for hydroxylation is 1. The molecule has 1 rings (SSSR count). The average Bonchev–Trinajstić information content (AvgIpc) is 2.28. The zero-order chi connectivity index (χ0) is 11.3. The van der Waals surface area contributed by atoms with Crippen molar-refractivity contribution in [1.29, 1.82) is 0 Å². The maximum Gasteiger partial charge on any atom is 1.00 e. The minimum absolute atomic E-state index is 0. The number of thiazole rings is 1. The summed E-state index contributed by atoms with van der Waals surface area (Å²) in [5, 5.41) is 17.7. The first kappa shape index (κ1) is 16.8. The van der Waals surface area contributed by atoms with Crippen LogP contribution in [-0.2, 0) is 4.79 Å². The third-order valence-corrected chi connectivity index (χ3v) is 1.98. The number of nitrogen functional groups attached to an aromatic ring is 1. The van der Waals surface area contributed by atoms with Crippen LogP contribution in [0.4, 0.5) is 5.13 Å². The molecule has 0 saturated heterocycles. The Labute approximate surface area is 112 Å². The number of carboxylic acid groups (broad SMARTS) is 2. The van der Waals surface area contributed by atoms with Crippen LogP contribution in [0.15, 0.2) is 0 Å². The molecule has 0 fully saturated rings. The Morgan fingerprint density at radius 2 is 1.93 bits per heavy atom. The molecule has 0 saturated carbocycles. The van der Waals surface area contributed by atoms with E-state index in [9.17, 15) is 4.79 Å². The molecule has 0 atom stereocenters. The van der Waals surface area contributed by atoms with E-state index in [1.165, 1.54) is 0 Å². The SMILES string of the molecule is CC(=O)[O-].Cc1nc(N)sc1C(=O)O.[Na+]. The molecule has 1 aromatic rings. The molecular formula is C7H9N2NaO4S. The normalized spacial score (nSPS) is 8.13. The summed E-state index contributed by atoms with van der Waals surface area (Å²) in [5.74, 6) is -2.05. The van der Waals surface area contributed by atoms with Crippen molar-refractivity contribution in [3.8, 4) is 0 Å². The summed E-state index contributed by atoms with van der Waals surface area (Å²) in [5.41, 5.74) is 5.74. The Morgan fingerprint density at radius 3 is 2.07 bits per heavy atom. The first-order chi connectivity index (χ1) is 6.34. The van der Waals surface area contributed by atoms with Gasteiger partial charge >= 0.3 is 35.5 Å². The van der Waals surface area contributed by atoms with Crippen LogP contribution in [0.1, 0.15) is 22.3 Å². The molecule has 1 aromatic heterocycles. The molecule has 8 heteroatoms. The van der Waals surface area contributed by atoms with E-state index in [-0.39, 0.29) is 34.4 Å². The molecule has 0 spiro atoms. The van der Waals surface area contributed by atoms with Gasteiger partial charge in [0.1, 0.15) is 4.88 Å². The number of nitrogens with two attached hydrogens (primary N) is 1. The quantitative estimate of drug-likeness (QED) is 0.492. The van der Waals surface area contributed by atoms with Crippen LogP contribution in [-0.4, -0.2) is 22.0 Å². The van der Waals surface area contributed by atoms with E-state index in [0.29, 0.717) is 10.8 Å². The Morgan fingerprint density at radius 1 is 1.53 bits per heavy atom. The molecule has 1 heterocycles. The van der Waals surface area contributed by atoms with Crippen molar-refractivity contribution in [2.24, 2.45) is 0 Å². The summed E-state index contributed by atoms with van der Waals surface area (Å²) < 4.78 is 0. The van der Waals surface area contributed by atoms with Gasteiger partial charge in [-0.2, -0.15) is 0 Å². The summed E-state index contributed by atoms with van der Waals surface area (Å²) >= 11 is 0.990. The number of anilines is 1. The zero-order valence-corrected chi connectivity index (χ0v) is 11.4. The molecule has 78 valence electrons. The number of nitrogens with zero attached hydrogens (tertiary/aromatic N) is 1. The number of carbonyl (C=O) groups excluding carboxylic acids is 1. The maximum absolute atomic E-state index is 10.3. The van der Waals surface area contributed by atoms with Gasteiger partial charge in [-0.05, 0) is 13.8 Å². The first-order valence-corrected chi connectivity index (χ1v) is 4.30. The van der Waals surface area contributed by atoms with E-state index >= 15 is 0 Å². The van der Waals surface area contributed by atoms with Gasteiger partial charge in [0.05, 0.1) is 5.69 Å². The van der Waals surface area contributed by atoms with Crippen molar-refractivity contribution in [3.05, 3.63) is 10.6 Å². The van der Waals surface area contributed by atoms with Crippen LogP contribution in [0.3, 0.4) is 0 Å². The molecule has 15 heavy (non-hydrogen) atoms. The summed E-state index contributed by atoms with van der Waals surface area (Å²) in [6, 6.07) is 0. The first-order valence-electron chi connectivity index (χ1n) is 3.48. The standard InChI is InChI=1S/C5H6N2O2S.C2H4O2.Na/c1-2-3(4(8)9)10-5(6)7-2;1-2(3)4;/h1H3,(H2,6,7)(H,8,9);1H3,(H,3,4);/q;;+1/p-1. The topological polar surface area (TPSA) is 116 Å². The molecule has 0 bridgehead atoms. The number of carboxylic acids is 2. The number of hydrogen-bond donors (Lipinski definition) is 2. The van der Waals surface area contributed by atoms with Crippen LogP contribution in [0.2, 0.25) is 0 Å². The number of aromatic carboxylic acids is 1. The molecule has 0 aromatic carbocycles. The van der Waals surface area contributed by atoms with Gasteiger partial charge in [0.25, 0.3) is 0 Å². The summed E-state index contributed by atoms with van der Waals surface area (Å²) in [4.78, 5) is 23.2. The van der Waals surface area contributed by atoms with E-state index in [2.05, 4.69) is 4.98 Å². The zero-order valence-electron chi connectivity index (χ0n) is 8.60. The minimum Gasteiger partial charge on any atom is -0.550 e. The van der Waals surface area contributed by atoms with Gasteiger partial charge in [-0.3, -0.25) is 0 Å². The minimum atomic E-state index is -1.08. The molecular weight excluding hydrogens is 231 g/mol. The monoisotopic (exact) mass is 240 g/mol. The van der Waals surface area contributed by atoms with Crippen LogP contribution in [0, 0.1) is 6.92 Å². The Kier molecular flexibility index (Phi) is 8.54. The molecule has 0 unspecified atom stereocenters. The van der Waals surface area contributed by atoms with Crippen molar-refractivity contribution < 1.29 is 49.4 Å². The fraction of sp³-hybridized carbons (Fsp3) is 0.286. The molecule has 6 nitrogen and oxygen atoms in total. The van der Waals surface area contributed by atoms with E-state index in [1.54, 1.807) is 6.92 Å². The smallest absolute Gasteiger partial charge is 0.550 e. The van der Waals surface area contributed by atoms with E-state index in [1.807, 2.05) is 0 Å². The predicted molar refractivity (Wildman–Crippen MR) is 48.9 cm³/mol. The fourth-order valence-electron chi connectivity index (χ4n) is 0.616. The van der Waals surface area contributed by atoms with Crippen LogP contribution < -0.4 is 40.4 Å². The maximum atomic E-state index is 10.3. The Bertz CT molecular complexity index is 349. The Balaban J connectivity index is 0. The second kappa shape index (κ2) is 7.63. The van der Waals surface area contributed by atoms with Crippen molar-refractivity contribution in [2.75, 3.05) is 5.73 Å². The number of carbonyl (C=O) groups is 2. The van der Waals surface area contributed by atoms with E-state index in [4.69, 9.17) is 20.7 Å². The average molecular weight is 240 g/mol. The van der Waals surface area contributed by atoms with Crippen molar-refractivity contribution >= 4 is 28.4 Å². The van der Waals surface area contributed by atoms with Crippen molar-refractivity contribution in [2.45, 2.75) is 13.8 Å². The summed E-state index contributed by atoms with van der Waals surface area (Å²) in [6.45, 7) is 2.59. The number of hydrogen-bond acceptors (Lipinski definition) is 6. The largest absolute Gasteiger partial charge is 1.00 e. The third-order valence-electron chi connectivity index (χ3n) is 1.01. The third kappa shape index (κ3) is 7.32. The van der Waals surface area contributed by atoms with Crippen LogP contribution in [0.5, 0.6) is 0 Å². The van der Waals surface area contributed by atoms with Gasteiger partial charge in [-0.25, -0.2) is 9.78 Å². The number of aliphatic carboxylic acids is 1. The second-order valence-corrected chi connectivity index (χ2v) is 3.29. The van der Waals surface area contributed by atoms with Gasteiger partial charge in [0.2, 0.25) is 0 Å². The fourth-order valence-corrected chi connectivity index (χ4v) is 1.29. The van der Waals surface area contributed by atoms with Gasteiger partial charge in [0.15, 0.2) is 5.13 Å². The Hall–Kier alpha value is -0.630. The van der Waals surface area contributed by atoms with Crippen molar-refractivity contribution in [3.63, 3.8) is 0 Å². The van der Waals surface area contributed by atoms with Crippen LogP contribution in [0.25, 0.3) is 0 Å². The molecule has 0 radical (unpaired) electrons.